The van der Waals surface area contributed by atoms with E-state index in [1.165, 1.54) is 0 Å². The maximum absolute atomic E-state index is 10.5. The lowest BCUT2D eigenvalue weighted by molar-refractivity contribution is -0.308. The van der Waals surface area contributed by atoms with Crippen LogP contribution in [0.25, 0.3) is 0 Å². The summed E-state index contributed by atoms with van der Waals surface area (Å²) in [5.74, 6) is -2.23. The summed E-state index contributed by atoms with van der Waals surface area (Å²) < 4.78 is 0. The molecule has 7 heteroatoms. The number of aliphatic carboxylic acids is 2. The third-order valence-corrected chi connectivity index (χ3v) is 2.65. The fourth-order valence-corrected chi connectivity index (χ4v) is 1.79. The van der Waals surface area contributed by atoms with Crippen LogP contribution in [-0.2, 0) is 9.59 Å². The van der Waals surface area contributed by atoms with Crippen molar-refractivity contribution in [1.82, 2.24) is 15.1 Å². The molecule has 0 atom stereocenters. The van der Waals surface area contributed by atoms with E-state index in [1.54, 1.807) is 9.80 Å². The highest BCUT2D eigenvalue weighted by Gasteiger charge is 2.11. The van der Waals surface area contributed by atoms with Gasteiger partial charge in [0, 0.05) is 52.4 Å². The van der Waals surface area contributed by atoms with Gasteiger partial charge in [-0.2, -0.15) is 0 Å². The molecule has 0 bridgehead atoms. The molecule has 7 nitrogen and oxygen atoms in total. The predicted octanol–water partition coefficient (Wildman–Crippen LogP) is -4.31. The Morgan fingerprint density at radius 3 is 1.65 bits per heavy atom. The van der Waals surface area contributed by atoms with Crippen LogP contribution in [0.5, 0.6) is 0 Å². The van der Waals surface area contributed by atoms with Gasteiger partial charge in [0.05, 0.1) is 11.9 Å². The topological polar surface area (TPSA) is 98.8 Å². The Kier molecular flexibility index (Phi) is 5.88. The van der Waals surface area contributed by atoms with E-state index in [0.717, 1.165) is 0 Å². The third-order valence-electron chi connectivity index (χ3n) is 2.65. The van der Waals surface area contributed by atoms with Crippen molar-refractivity contribution in [1.29, 1.82) is 0 Å². The summed E-state index contributed by atoms with van der Waals surface area (Å²) in [6.45, 7) is 3.40. The lowest BCUT2D eigenvalue weighted by atomic mass is 10.4. The van der Waals surface area contributed by atoms with Crippen LogP contribution in [-0.4, -0.2) is 74.1 Å². The van der Waals surface area contributed by atoms with Crippen molar-refractivity contribution in [3.8, 4) is 0 Å². The first-order valence-electron chi connectivity index (χ1n) is 5.63. The molecular formula is C10H17N3O4-2. The van der Waals surface area contributed by atoms with E-state index >= 15 is 0 Å². The average Bonchev–Trinajstić information content (AvgIpc) is 2.31. The Hall–Kier alpha value is -1.18. The van der Waals surface area contributed by atoms with Gasteiger partial charge in [-0.25, -0.2) is 0 Å². The SMILES string of the molecule is O=C([O-])CN1CCNCCN(CC(=O)[O-])CC1. The quantitative estimate of drug-likeness (QED) is 0.533. The van der Waals surface area contributed by atoms with Gasteiger partial charge in [-0.1, -0.05) is 0 Å². The minimum absolute atomic E-state index is 0.124. The second kappa shape index (κ2) is 7.21. The van der Waals surface area contributed by atoms with E-state index < -0.39 is 11.9 Å². The van der Waals surface area contributed by atoms with E-state index in [0.29, 0.717) is 39.3 Å². The molecule has 0 aromatic rings. The van der Waals surface area contributed by atoms with Crippen molar-refractivity contribution in [2.75, 3.05) is 52.4 Å². The van der Waals surface area contributed by atoms with Crippen LogP contribution in [0.2, 0.25) is 0 Å². The molecule has 0 aliphatic carbocycles. The smallest absolute Gasteiger partial charge is 0.0555 e. The molecule has 1 aliphatic heterocycles. The lowest BCUT2D eigenvalue weighted by Gasteiger charge is -2.26. The van der Waals surface area contributed by atoms with Crippen molar-refractivity contribution >= 4 is 11.9 Å². The van der Waals surface area contributed by atoms with Crippen LogP contribution < -0.4 is 15.5 Å². The Morgan fingerprint density at radius 2 is 1.29 bits per heavy atom. The summed E-state index contributed by atoms with van der Waals surface area (Å²) in [7, 11) is 0. The van der Waals surface area contributed by atoms with Gasteiger partial charge in [-0.3, -0.25) is 9.80 Å². The minimum Gasteiger partial charge on any atom is -0.549 e. The average molecular weight is 243 g/mol. The molecule has 98 valence electrons. The van der Waals surface area contributed by atoms with E-state index in [1.807, 2.05) is 0 Å². The molecule has 17 heavy (non-hydrogen) atoms. The number of rotatable bonds is 4. The van der Waals surface area contributed by atoms with E-state index in [2.05, 4.69) is 5.32 Å². The standard InChI is InChI=1S/C10H19N3O4/c14-9(15)7-12-3-1-11-2-4-13(6-5-12)8-10(16)17/h11H,1-8H2,(H,14,15)(H,16,17)/p-2. The number of nitrogens with zero attached hydrogens (tertiary/aromatic N) is 2. The summed E-state index contributed by atoms with van der Waals surface area (Å²) in [6.07, 6.45) is 0. The summed E-state index contributed by atoms with van der Waals surface area (Å²) in [5.41, 5.74) is 0. The molecule has 0 aromatic heterocycles. The zero-order chi connectivity index (χ0) is 12.7. The molecule has 1 heterocycles. The Bertz CT molecular complexity index is 246. The summed E-state index contributed by atoms with van der Waals surface area (Å²) in [4.78, 5) is 24.5. The fraction of sp³-hybridized carbons (Fsp3) is 0.800. The molecule has 1 saturated heterocycles. The van der Waals surface area contributed by atoms with Crippen molar-refractivity contribution in [3.05, 3.63) is 0 Å². The first-order chi connectivity index (χ1) is 8.08. The highest BCUT2D eigenvalue weighted by molar-refractivity contribution is 5.67. The number of nitrogens with one attached hydrogen (secondary N) is 1. The number of carbonyl (C=O) groups is 2. The molecule has 0 unspecified atom stereocenters. The van der Waals surface area contributed by atoms with Crippen molar-refractivity contribution < 1.29 is 19.8 Å². The highest BCUT2D eigenvalue weighted by atomic mass is 16.4. The second-order valence-corrected chi connectivity index (χ2v) is 4.05. The summed E-state index contributed by atoms with van der Waals surface area (Å²) in [5, 5.41) is 24.2. The van der Waals surface area contributed by atoms with Crippen LogP contribution in [0.1, 0.15) is 0 Å². The maximum atomic E-state index is 10.5. The molecular weight excluding hydrogens is 226 g/mol. The monoisotopic (exact) mass is 243 g/mol. The van der Waals surface area contributed by atoms with Crippen LogP contribution >= 0.6 is 0 Å². The Labute approximate surface area is 100.0 Å². The predicted molar refractivity (Wildman–Crippen MR) is 55.8 cm³/mol. The number of hydrogen-bond acceptors (Lipinski definition) is 7. The first kappa shape index (κ1) is 13.9. The molecule has 0 aromatic carbocycles. The van der Waals surface area contributed by atoms with Crippen molar-refractivity contribution in [3.63, 3.8) is 0 Å². The minimum atomic E-state index is -1.12. The van der Waals surface area contributed by atoms with Gasteiger partial charge in [0.1, 0.15) is 0 Å². The zero-order valence-electron chi connectivity index (χ0n) is 9.68. The van der Waals surface area contributed by atoms with Gasteiger partial charge in [-0.15, -0.1) is 0 Å². The lowest BCUT2D eigenvalue weighted by Crippen LogP contribution is -2.45. The largest absolute Gasteiger partial charge is 0.549 e. The van der Waals surface area contributed by atoms with E-state index in [9.17, 15) is 19.8 Å². The van der Waals surface area contributed by atoms with Gasteiger partial charge >= 0.3 is 0 Å². The van der Waals surface area contributed by atoms with Crippen LogP contribution in [0.4, 0.5) is 0 Å². The highest BCUT2D eigenvalue weighted by Crippen LogP contribution is 1.94. The first-order valence-corrected chi connectivity index (χ1v) is 5.63. The molecule has 0 saturated carbocycles. The summed E-state index contributed by atoms with van der Waals surface area (Å²) in [6, 6.07) is 0. The molecule has 0 amide bonds. The Balaban J connectivity index is 2.45. The van der Waals surface area contributed by atoms with Crippen molar-refractivity contribution in [2.24, 2.45) is 0 Å². The number of carbonyl (C=O) groups excluding carboxylic acids is 2. The Morgan fingerprint density at radius 1 is 0.882 bits per heavy atom. The normalized spacial score (nSPS) is 20.2. The molecule has 1 rings (SSSR count). The third kappa shape index (κ3) is 6.20. The van der Waals surface area contributed by atoms with Crippen LogP contribution in [0, 0.1) is 0 Å². The van der Waals surface area contributed by atoms with Crippen molar-refractivity contribution in [2.45, 2.75) is 0 Å². The molecule has 0 radical (unpaired) electrons. The van der Waals surface area contributed by atoms with Gasteiger partial charge in [0.25, 0.3) is 0 Å². The van der Waals surface area contributed by atoms with Gasteiger partial charge in [0.15, 0.2) is 0 Å². The zero-order valence-corrected chi connectivity index (χ0v) is 9.68. The molecule has 1 fully saturated rings. The summed E-state index contributed by atoms with van der Waals surface area (Å²) >= 11 is 0. The van der Waals surface area contributed by atoms with Gasteiger partial charge in [0.2, 0.25) is 0 Å². The molecule has 0 spiro atoms. The second-order valence-electron chi connectivity index (χ2n) is 4.05. The van der Waals surface area contributed by atoms with Gasteiger partial charge in [-0.05, 0) is 0 Å². The number of carboxylic acids is 2. The number of carboxylic acid groups (broad SMARTS) is 2. The van der Waals surface area contributed by atoms with E-state index in [4.69, 9.17) is 0 Å². The van der Waals surface area contributed by atoms with E-state index in [-0.39, 0.29) is 13.1 Å². The maximum Gasteiger partial charge on any atom is 0.0555 e. The molecule has 1 N–H and O–H groups in total. The fourth-order valence-electron chi connectivity index (χ4n) is 1.79. The van der Waals surface area contributed by atoms with Crippen LogP contribution in [0.15, 0.2) is 0 Å². The molecule has 1 aliphatic rings. The number of hydrogen-bond donors (Lipinski definition) is 1. The van der Waals surface area contributed by atoms with Gasteiger partial charge < -0.3 is 25.1 Å². The van der Waals surface area contributed by atoms with Crippen LogP contribution in [0.3, 0.4) is 0 Å².